The molecule has 3 heteroatoms. The number of fused-ring (bicyclic) bond motifs is 1. The van der Waals surface area contributed by atoms with E-state index in [2.05, 4.69) is 47.0 Å². The Morgan fingerprint density at radius 3 is 2.89 bits per heavy atom. The highest BCUT2D eigenvalue weighted by molar-refractivity contribution is 5.78. The van der Waals surface area contributed by atoms with Crippen molar-refractivity contribution >= 4 is 17.0 Å². The smallest absolute Gasteiger partial charge is 0.203 e. The number of aryl methyl sites for hydroxylation is 1. The van der Waals surface area contributed by atoms with E-state index in [0.717, 1.165) is 29.8 Å². The molecule has 1 saturated carbocycles. The van der Waals surface area contributed by atoms with Gasteiger partial charge in [-0.15, -0.1) is 0 Å². The van der Waals surface area contributed by atoms with Crippen LogP contribution in [0.25, 0.3) is 11.0 Å². The fourth-order valence-corrected chi connectivity index (χ4v) is 3.05. The highest BCUT2D eigenvalue weighted by Gasteiger charge is 2.21. The Labute approximate surface area is 108 Å². The molecule has 0 aliphatic heterocycles. The molecule has 0 radical (unpaired) electrons. The molecule has 1 N–H and O–H groups in total. The Morgan fingerprint density at radius 2 is 2.17 bits per heavy atom. The van der Waals surface area contributed by atoms with Crippen molar-refractivity contribution in [3.05, 3.63) is 24.3 Å². The number of aromatic nitrogens is 2. The third-order valence-electron chi connectivity index (χ3n) is 4.14. The van der Waals surface area contributed by atoms with E-state index < -0.39 is 0 Å². The number of imidazole rings is 1. The minimum absolute atomic E-state index is 0.819. The van der Waals surface area contributed by atoms with Crippen molar-refractivity contribution in [1.82, 2.24) is 9.55 Å². The predicted molar refractivity (Wildman–Crippen MR) is 75.7 cm³/mol. The highest BCUT2D eigenvalue weighted by atomic mass is 15.2. The summed E-state index contributed by atoms with van der Waals surface area (Å²) in [6.45, 7) is 3.41. The molecule has 3 rings (SSSR count). The maximum Gasteiger partial charge on any atom is 0.203 e. The van der Waals surface area contributed by atoms with E-state index in [-0.39, 0.29) is 0 Å². The highest BCUT2D eigenvalue weighted by Crippen LogP contribution is 2.30. The zero-order valence-corrected chi connectivity index (χ0v) is 11.2. The normalized spacial score (nSPS) is 23.7. The average molecular weight is 243 g/mol. The molecule has 0 bridgehead atoms. The quantitative estimate of drug-likeness (QED) is 0.895. The van der Waals surface area contributed by atoms with Crippen LogP contribution in [0.15, 0.2) is 24.3 Å². The Balaban J connectivity index is 1.73. The van der Waals surface area contributed by atoms with Gasteiger partial charge in [0.05, 0.1) is 11.0 Å². The van der Waals surface area contributed by atoms with Gasteiger partial charge in [-0.2, -0.15) is 0 Å². The predicted octanol–water partition coefficient (Wildman–Crippen LogP) is 3.42. The fourth-order valence-electron chi connectivity index (χ4n) is 3.05. The summed E-state index contributed by atoms with van der Waals surface area (Å²) in [6, 6.07) is 8.29. The topological polar surface area (TPSA) is 29.9 Å². The molecule has 0 amide bonds. The summed E-state index contributed by atoms with van der Waals surface area (Å²) in [7, 11) is 2.08. The van der Waals surface area contributed by atoms with E-state index in [1.54, 1.807) is 0 Å². The van der Waals surface area contributed by atoms with Crippen LogP contribution in [0.2, 0.25) is 0 Å². The van der Waals surface area contributed by atoms with Crippen molar-refractivity contribution in [2.75, 3.05) is 11.9 Å². The second-order valence-electron chi connectivity index (χ2n) is 5.65. The lowest BCUT2D eigenvalue weighted by Crippen LogP contribution is -2.14. The van der Waals surface area contributed by atoms with Crippen LogP contribution < -0.4 is 5.32 Å². The third kappa shape index (κ3) is 2.09. The van der Waals surface area contributed by atoms with Gasteiger partial charge in [-0.3, -0.25) is 0 Å². The van der Waals surface area contributed by atoms with Gasteiger partial charge < -0.3 is 9.88 Å². The number of para-hydroxylation sites is 2. The van der Waals surface area contributed by atoms with Crippen molar-refractivity contribution in [2.24, 2.45) is 18.9 Å². The molecule has 18 heavy (non-hydrogen) atoms. The summed E-state index contributed by atoms with van der Waals surface area (Å²) in [4.78, 5) is 4.64. The maximum absolute atomic E-state index is 4.64. The van der Waals surface area contributed by atoms with Gasteiger partial charge in [0.2, 0.25) is 5.95 Å². The molecule has 1 aromatic carbocycles. The molecule has 1 aliphatic carbocycles. The molecule has 1 aliphatic rings. The number of hydrogen-bond acceptors (Lipinski definition) is 2. The molecular weight excluding hydrogens is 222 g/mol. The first-order valence-corrected chi connectivity index (χ1v) is 6.89. The fraction of sp³-hybridized carbons (Fsp3) is 0.533. The largest absolute Gasteiger partial charge is 0.355 e. The minimum atomic E-state index is 0.819. The Hall–Kier alpha value is -1.51. The molecule has 0 saturated heterocycles. The van der Waals surface area contributed by atoms with Crippen molar-refractivity contribution in [2.45, 2.75) is 26.2 Å². The minimum Gasteiger partial charge on any atom is -0.355 e. The van der Waals surface area contributed by atoms with Crippen LogP contribution >= 0.6 is 0 Å². The summed E-state index contributed by atoms with van der Waals surface area (Å²) in [5.74, 6) is 2.72. The first-order chi connectivity index (χ1) is 8.74. The zero-order chi connectivity index (χ0) is 12.5. The van der Waals surface area contributed by atoms with Crippen LogP contribution in [-0.4, -0.2) is 16.1 Å². The van der Waals surface area contributed by atoms with Gasteiger partial charge in [-0.1, -0.05) is 25.5 Å². The van der Waals surface area contributed by atoms with E-state index >= 15 is 0 Å². The lowest BCUT2D eigenvalue weighted by molar-refractivity contribution is 0.535. The first-order valence-electron chi connectivity index (χ1n) is 6.89. The van der Waals surface area contributed by atoms with Gasteiger partial charge in [0.25, 0.3) is 0 Å². The summed E-state index contributed by atoms with van der Waals surface area (Å²) < 4.78 is 2.15. The monoisotopic (exact) mass is 243 g/mol. The molecule has 1 heterocycles. The van der Waals surface area contributed by atoms with E-state index in [4.69, 9.17) is 0 Å². The van der Waals surface area contributed by atoms with Crippen LogP contribution in [0.3, 0.4) is 0 Å². The second kappa shape index (κ2) is 4.63. The Bertz CT molecular complexity index is 544. The van der Waals surface area contributed by atoms with E-state index in [1.807, 2.05) is 6.07 Å². The molecule has 1 aromatic heterocycles. The van der Waals surface area contributed by atoms with Crippen LogP contribution in [0.1, 0.15) is 26.2 Å². The first kappa shape index (κ1) is 11.6. The van der Waals surface area contributed by atoms with Gasteiger partial charge in [0.1, 0.15) is 0 Å². The van der Waals surface area contributed by atoms with Gasteiger partial charge in [-0.25, -0.2) is 4.98 Å². The van der Waals surface area contributed by atoms with Crippen LogP contribution in [0.4, 0.5) is 5.95 Å². The summed E-state index contributed by atoms with van der Waals surface area (Å²) in [6.07, 6.45) is 4.10. The lowest BCUT2D eigenvalue weighted by atomic mass is 10.1. The van der Waals surface area contributed by atoms with Gasteiger partial charge in [-0.05, 0) is 36.8 Å². The van der Waals surface area contributed by atoms with Gasteiger partial charge in [0.15, 0.2) is 0 Å². The Kier molecular flexibility index (Phi) is 2.98. The molecule has 96 valence electrons. The van der Waals surface area contributed by atoms with Crippen LogP contribution in [0, 0.1) is 11.8 Å². The molecule has 2 unspecified atom stereocenters. The third-order valence-corrected chi connectivity index (χ3v) is 4.14. The van der Waals surface area contributed by atoms with E-state index in [9.17, 15) is 0 Å². The summed E-state index contributed by atoms with van der Waals surface area (Å²) in [5, 5.41) is 3.52. The molecule has 2 aromatic rings. The van der Waals surface area contributed by atoms with Crippen molar-refractivity contribution in [3.8, 4) is 0 Å². The van der Waals surface area contributed by atoms with Gasteiger partial charge >= 0.3 is 0 Å². The zero-order valence-electron chi connectivity index (χ0n) is 11.2. The Morgan fingerprint density at radius 1 is 1.33 bits per heavy atom. The van der Waals surface area contributed by atoms with Gasteiger partial charge in [0, 0.05) is 13.6 Å². The number of nitrogens with zero attached hydrogens (tertiary/aromatic N) is 2. The number of rotatable bonds is 3. The maximum atomic E-state index is 4.64. The molecule has 2 atom stereocenters. The van der Waals surface area contributed by atoms with Crippen LogP contribution in [0.5, 0.6) is 0 Å². The van der Waals surface area contributed by atoms with E-state index in [0.29, 0.717) is 0 Å². The SMILES string of the molecule is CC1CCC(CNc2nc3ccccc3n2C)C1. The number of hydrogen-bond donors (Lipinski definition) is 1. The number of benzene rings is 1. The average Bonchev–Trinajstić information content (AvgIpc) is 2.92. The second-order valence-corrected chi connectivity index (χ2v) is 5.65. The molecule has 3 nitrogen and oxygen atoms in total. The van der Waals surface area contributed by atoms with Crippen LogP contribution in [-0.2, 0) is 7.05 Å². The molecule has 0 spiro atoms. The summed E-state index contributed by atoms with van der Waals surface area (Å²) in [5.41, 5.74) is 2.27. The number of nitrogens with one attached hydrogen (secondary N) is 1. The molecule has 1 fully saturated rings. The lowest BCUT2D eigenvalue weighted by Gasteiger charge is -2.11. The van der Waals surface area contributed by atoms with Crippen molar-refractivity contribution in [1.29, 1.82) is 0 Å². The standard InChI is InChI=1S/C15H21N3/c1-11-7-8-12(9-11)10-16-15-17-13-5-3-4-6-14(13)18(15)2/h3-6,11-12H,7-10H2,1-2H3,(H,16,17). The summed E-state index contributed by atoms with van der Waals surface area (Å²) >= 11 is 0. The van der Waals surface area contributed by atoms with Crippen molar-refractivity contribution in [3.63, 3.8) is 0 Å². The van der Waals surface area contributed by atoms with Crippen molar-refractivity contribution < 1.29 is 0 Å². The van der Waals surface area contributed by atoms with E-state index in [1.165, 1.54) is 24.8 Å². The molecular formula is C15H21N3. The number of anilines is 1.